The summed E-state index contributed by atoms with van der Waals surface area (Å²) in [5.74, 6) is 0.821. The zero-order chi connectivity index (χ0) is 20.5. The van der Waals surface area contributed by atoms with Gasteiger partial charge in [0, 0.05) is 6.54 Å². The number of benzene rings is 2. The van der Waals surface area contributed by atoms with E-state index in [0.29, 0.717) is 30.2 Å². The number of carbonyl (C=O) groups is 1. The topological polar surface area (TPSA) is 97.2 Å². The van der Waals surface area contributed by atoms with Crippen LogP contribution in [-0.4, -0.2) is 50.1 Å². The Bertz CT molecular complexity index is 791. The van der Waals surface area contributed by atoms with Crippen LogP contribution in [0.4, 0.5) is 0 Å². The first-order valence-electron chi connectivity index (χ1n) is 8.69. The molecule has 0 saturated heterocycles. The number of phenols is 1. The fourth-order valence-electron chi connectivity index (χ4n) is 2.72. The number of nitrogens with one attached hydrogen (secondary N) is 1. The van der Waals surface area contributed by atoms with E-state index in [-0.39, 0.29) is 5.75 Å². The summed E-state index contributed by atoms with van der Waals surface area (Å²) in [6.45, 7) is 0.367. The van der Waals surface area contributed by atoms with E-state index in [1.165, 1.54) is 0 Å². The van der Waals surface area contributed by atoms with Crippen LogP contribution in [0.15, 0.2) is 42.5 Å². The number of rotatable bonds is 10. The number of methoxy groups -OCH3 is 3. The van der Waals surface area contributed by atoms with Crippen LogP contribution >= 0.6 is 0 Å². The van der Waals surface area contributed by atoms with Crippen LogP contribution in [0.2, 0.25) is 0 Å². The van der Waals surface area contributed by atoms with E-state index in [9.17, 15) is 15.0 Å². The third kappa shape index (κ3) is 5.65. The van der Waals surface area contributed by atoms with Gasteiger partial charge < -0.3 is 29.7 Å². The number of ether oxygens (including phenoxy) is 3. The highest BCUT2D eigenvalue weighted by Crippen LogP contribution is 2.38. The molecule has 7 nitrogen and oxygen atoms in total. The summed E-state index contributed by atoms with van der Waals surface area (Å²) in [6, 6.07) is 9.37. The molecule has 150 valence electrons. The lowest BCUT2D eigenvalue weighted by Crippen LogP contribution is -2.38. The lowest BCUT2D eigenvalue weighted by Gasteiger charge is -2.14. The molecule has 7 heteroatoms. The minimum Gasteiger partial charge on any atom is -0.508 e. The largest absolute Gasteiger partial charge is 0.508 e. The molecule has 0 fully saturated rings. The van der Waals surface area contributed by atoms with Crippen LogP contribution in [0.25, 0.3) is 6.08 Å². The van der Waals surface area contributed by atoms with E-state index in [0.717, 1.165) is 11.1 Å². The molecule has 0 unspecified atom stereocenters. The molecule has 1 atom stereocenters. The molecule has 2 rings (SSSR count). The quantitative estimate of drug-likeness (QED) is 0.577. The van der Waals surface area contributed by atoms with Gasteiger partial charge in [0.15, 0.2) is 11.5 Å². The van der Waals surface area contributed by atoms with Crippen molar-refractivity contribution in [1.82, 2.24) is 5.32 Å². The number of aliphatic carboxylic acids is 1. The SMILES string of the molecule is COc1cc(C=CCN[C@@H](Cc2ccc(O)cc2)C(=O)O)cc(OC)c1OC. The second kappa shape index (κ2) is 10.2. The molecule has 0 heterocycles. The minimum atomic E-state index is -0.936. The number of carboxylic acid groups (broad SMARTS) is 1. The smallest absolute Gasteiger partial charge is 0.321 e. The average Bonchev–Trinajstić information content (AvgIpc) is 2.70. The maximum atomic E-state index is 11.5. The van der Waals surface area contributed by atoms with Crippen LogP contribution in [0.3, 0.4) is 0 Å². The van der Waals surface area contributed by atoms with E-state index in [1.807, 2.05) is 24.3 Å². The normalized spacial score (nSPS) is 12.0. The lowest BCUT2D eigenvalue weighted by atomic mass is 10.1. The number of hydrogen-bond donors (Lipinski definition) is 3. The van der Waals surface area contributed by atoms with Crippen LogP contribution < -0.4 is 19.5 Å². The molecule has 0 bridgehead atoms. The summed E-state index contributed by atoms with van der Waals surface area (Å²) in [6.07, 6.45) is 3.98. The van der Waals surface area contributed by atoms with Crippen molar-refractivity contribution in [1.29, 1.82) is 0 Å². The lowest BCUT2D eigenvalue weighted by molar-refractivity contribution is -0.139. The number of phenolic OH excluding ortho intramolecular Hbond substituents is 1. The molecule has 0 aliphatic heterocycles. The molecule has 0 spiro atoms. The Morgan fingerprint density at radius 1 is 1.07 bits per heavy atom. The molecule has 28 heavy (non-hydrogen) atoms. The monoisotopic (exact) mass is 387 g/mol. The predicted molar refractivity (Wildman–Crippen MR) is 106 cm³/mol. The van der Waals surface area contributed by atoms with Crippen molar-refractivity contribution in [3.8, 4) is 23.0 Å². The number of carboxylic acids is 1. The van der Waals surface area contributed by atoms with Crippen molar-refractivity contribution >= 4 is 12.0 Å². The van der Waals surface area contributed by atoms with Gasteiger partial charge in [-0.3, -0.25) is 4.79 Å². The number of hydrogen-bond acceptors (Lipinski definition) is 6. The summed E-state index contributed by atoms with van der Waals surface area (Å²) < 4.78 is 15.9. The maximum Gasteiger partial charge on any atom is 0.321 e. The molecule has 0 saturated carbocycles. The highest BCUT2D eigenvalue weighted by molar-refractivity contribution is 5.74. The van der Waals surface area contributed by atoms with Gasteiger partial charge in [-0.1, -0.05) is 24.3 Å². The van der Waals surface area contributed by atoms with E-state index in [4.69, 9.17) is 14.2 Å². The van der Waals surface area contributed by atoms with Gasteiger partial charge in [0.25, 0.3) is 0 Å². The Kier molecular flexibility index (Phi) is 7.71. The first-order valence-corrected chi connectivity index (χ1v) is 8.69. The standard InChI is InChI=1S/C21H25NO6/c1-26-18-12-15(13-19(27-2)20(18)28-3)5-4-10-22-17(21(24)25)11-14-6-8-16(23)9-7-14/h4-9,12-13,17,22-23H,10-11H2,1-3H3,(H,24,25)/t17-/m0/s1. The first-order chi connectivity index (χ1) is 13.5. The fourth-order valence-corrected chi connectivity index (χ4v) is 2.72. The molecular formula is C21H25NO6. The van der Waals surface area contributed by atoms with Crippen molar-refractivity contribution < 1.29 is 29.2 Å². The van der Waals surface area contributed by atoms with E-state index in [1.54, 1.807) is 45.6 Å². The predicted octanol–water partition coefficient (Wildman–Crippen LogP) is 2.72. The molecule has 0 radical (unpaired) electrons. The van der Waals surface area contributed by atoms with E-state index < -0.39 is 12.0 Å². The van der Waals surface area contributed by atoms with Gasteiger partial charge in [-0.15, -0.1) is 0 Å². The number of aromatic hydroxyl groups is 1. The van der Waals surface area contributed by atoms with Crippen molar-refractivity contribution in [2.75, 3.05) is 27.9 Å². The van der Waals surface area contributed by atoms with Gasteiger partial charge in [0.1, 0.15) is 11.8 Å². The highest BCUT2D eigenvalue weighted by atomic mass is 16.5. The Hall–Kier alpha value is -3.19. The van der Waals surface area contributed by atoms with Crippen LogP contribution in [-0.2, 0) is 11.2 Å². The van der Waals surface area contributed by atoms with Gasteiger partial charge in [0.05, 0.1) is 21.3 Å². The molecule has 2 aromatic rings. The van der Waals surface area contributed by atoms with Gasteiger partial charge in [-0.05, 0) is 41.8 Å². The Morgan fingerprint density at radius 2 is 1.68 bits per heavy atom. The van der Waals surface area contributed by atoms with Gasteiger partial charge >= 0.3 is 5.97 Å². The summed E-state index contributed by atoms with van der Waals surface area (Å²) >= 11 is 0. The summed E-state index contributed by atoms with van der Waals surface area (Å²) in [4.78, 5) is 11.5. The van der Waals surface area contributed by atoms with E-state index >= 15 is 0 Å². The Morgan fingerprint density at radius 3 is 2.18 bits per heavy atom. The third-order valence-corrected chi connectivity index (χ3v) is 4.15. The highest BCUT2D eigenvalue weighted by Gasteiger charge is 2.16. The van der Waals surface area contributed by atoms with Crippen molar-refractivity contribution in [3.63, 3.8) is 0 Å². The Labute approximate surface area is 164 Å². The fraction of sp³-hybridized carbons (Fsp3) is 0.286. The molecule has 3 N–H and O–H groups in total. The molecule has 0 aliphatic carbocycles. The zero-order valence-electron chi connectivity index (χ0n) is 16.1. The van der Waals surface area contributed by atoms with Gasteiger partial charge in [0.2, 0.25) is 5.75 Å². The summed E-state index contributed by atoms with van der Waals surface area (Å²) in [5, 5.41) is 21.7. The van der Waals surface area contributed by atoms with Crippen LogP contribution in [0.1, 0.15) is 11.1 Å². The molecule has 0 aromatic heterocycles. The second-order valence-corrected chi connectivity index (χ2v) is 6.03. The third-order valence-electron chi connectivity index (χ3n) is 4.15. The molecule has 2 aromatic carbocycles. The molecule has 0 aliphatic rings. The zero-order valence-corrected chi connectivity index (χ0v) is 16.1. The molecule has 0 amide bonds. The van der Waals surface area contributed by atoms with Crippen LogP contribution in [0.5, 0.6) is 23.0 Å². The van der Waals surface area contributed by atoms with Gasteiger partial charge in [-0.2, -0.15) is 0 Å². The van der Waals surface area contributed by atoms with Gasteiger partial charge in [-0.25, -0.2) is 0 Å². The summed E-state index contributed by atoms with van der Waals surface area (Å²) in [5.41, 5.74) is 1.66. The minimum absolute atomic E-state index is 0.150. The average molecular weight is 387 g/mol. The van der Waals surface area contributed by atoms with Crippen molar-refractivity contribution in [2.45, 2.75) is 12.5 Å². The maximum absolute atomic E-state index is 11.5. The molecular weight excluding hydrogens is 362 g/mol. The first kappa shape index (κ1) is 21.1. The second-order valence-electron chi connectivity index (χ2n) is 6.03. The van der Waals surface area contributed by atoms with Crippen LogP contribution in [0, 0.1) is 0 Å². The Balaban J connectivity index is 2.02. The van der Waals surface area contributed by atoms with E-state index in [2.05, 4.69) is 5.32 Å². The van der Waals surface area contributed by atoms with Crippen molar-refractivity contribution in [3.05, 3.63) is 53.6 Å². The van der Waals surface area contributed by atoms with Crippen molar-refractivity contribution in [2.24, 2.45) is 0 Å². The summed E-state index contributed by atoms with van der Waals surface area (Å²) in [7, 11) is 4.64.